The van der Waals surface area contributed by atoms with Crippen molar-refractivity contribution >= 4 is 52.5 Å². The summed E-state index contributed by atoms with van der Waals surface area (Å²) in [6.45, 7) is 7.48. The van der Waals surface area contributed by atoms with E-state index in [0.717, 1.165) is 0 Å². The number of ketones is 1. The van der Waals surface area contributed by atoms with Gasteiger partial charge in [-0.15, -0.1) is 0 Å². The monoisotopic (exact) mass is 507 g/mol. The van der Waals surface area contributed by atoms with E-state index in [1.807, 2.05) is 27.7 Å². The van der Waals surface area contributed by atoms with E-state index in [-0.39, 0.29) is 34.7 Å². The van der Waals surface area contributed by atoms with Crippen LogP contribution in [-0.2, 0) is 25.7 Å². The number of halogens is 2. The smallest absolute Gasteiger partial charge is 0.375 e. The van der Waals surface area contributed by atoms with Gasteiger partial charge < -0.3 is 14.7 Å². The fraction of sp³-hybridized carbons (Fsp3) is 0.360. The number of carbonyl (C=O) groups is 4. The zero-order chi connectivity index (χ0) is 25.6. The molecular weight excluding hydrogens is 481 g/mol. The van der Waals surface area contributed by atoms with Crippen LogP contribution in [0.15, 0.2) is 42.5 Å². The van der Waals surface area contributed by atoms with Gasteiger partial charge in [-0.25, -0.2) is 9.59 Å². The maximum absolute atomic E-state index is 13.1. The van der Waals surface area contributed by atoms with Gasteiger partial charge in [0.25, 0.3) is 0 Å². The van der Waals surface area contributed by atoms with E-state index in [0.29, 0.717) is 10.6 Å². The summed E-state index contributed by atoms with van der Waals surface area (Å²) in [7, 11) is 0. The molecule has 0 saturated carbocycles. The predicted molar refractivity (Wildman–Crippen MR) is 130 cm³/mol. The lowest BCUT2D eigenvalue weighted by Crippen LogP contribution is -2.36. The average Bonchev–Trinajstić information content (AvgIpc) is 2.77. The van der Waals surface area contributed by atoms with Crippen molar-refractivity contribution in [1.29, 1.82) is 0 Å². The van der Waals surface area contributed by atoms with E-state index in [9.17, 15) is 24.3 Å². The highest BCUT2D eigenvalue weighted by atomic mass is 35.5. The molecule has 0 unspecified atom stereocenters. The lowest BCUT2D eigenvalue weighted by Gasteiger charge is -2.25. The zero-order valence-corrected chi connectivity index (χ0v) is 20.9. The van der Waals surface area contributed by atoms with Crippen molar-refractivity contribution in [3.63, 3.8) is 0 Å². The summed E-state index contributed by atoms with van der Waals surface area (Å²) in [5, 5.41) is 9.94. The summed E-state index contributed by atoms with van der Waals surface area (Å²) in [6, 6.07) is 10.5. The first kappa shape index (κ1) is 27.3. The van der Waals surface area contributed by atoms with Crippen molar-refractivity contribution in [2.45, 2.75) is 46.8 Å². The van der Waals surface area contributed by atoms with Gasteiger partial charge in [0, 0.05) is 5.69 Å². The van der Waals surface area contributed by atoms with Crippen LogP contribution < -0.4 is 4.90 Å². The molecule has 0 saturated heterocycles. The van der Waals surface area contributed by atoms with Gasteiger partial charge in [0.2, 0.25) is 11.7 Å². The quantitative estimate of drug-likeness (QED) is 0.262. The van der Waals surface area contributed by atoms with Gasteiger partial charge in [-0.2, -0.15) is 0 Å². The number of Topliss-reactive ketones (excluding diaryl/α,β-unsaturated/α-hetero) is 1. The Morgan fingerprint density at radius 2 is 1.59 bits per heavy atom. The van der Waals surface area contributed by atoms with E-state index < -0.39 is 36.2 Å². The van der Waals surface area contributed by atoms with Crippen LogP contribution in [0.1, 0.15) is 50.0 Å². The van der Waals surface area contributed by atoms with Crippen molar-refractivity contribution in [1.82, 2.24) is 0 Å². The van der Waals surface area contributed by atoms with Crippen molar-refractivity contribution in [3.8, 4) is 0 Å². The average molecular weight is 508 g/mol. The third kappa shape index (κ3) is 7.30. The van der Waals surface area contributed by atoms with Crippen molar-refractivity contribution < 1.29 is 29.0 Å². The minimum Gasteiger partial charge on any atom is -0.478 e. The summed E-state index contributed by atoms with van der Waals surface area (Å²) in [6.07, 6.45) is -1.20. The number of carboxylic acid groups (broad SMARTS) is 1. The molecule has 2 aromatic rings. The Kier molecular flexibility index (Phi) is 9.65. The Morgan fingerprint density at radius 3 is 2.15 bits per heavy atom. The fourth-order valence-electron chi connectivity index (χ4n) is 3.49. The van der Waals surface area contributed by atoms with E-state index >= 15 is 0 Å². The van der Waals surface area contributed by atoms with Gasteiger partial charge in [0.05, 0.1) is 28.6 Å². The summed E-state index contributed by atoms with van der Waals surface area (Å²) in [4.78, 5) is 50.7. The summed E-state index contributed by atoms with van der Waals surface area (Å²) >= 11 is 12.1. The number of aromatic carboxylic acids is 1. The second kappa shape index (κ2) is 12.0. The number of amides is 1. The van der Waals surface area contributed by atoms with Crippen molar-refractivity contribution in [3.05, 3.63) is 63.6 Å². The SMILES string of the molecule is CC(C)C(OC(=O)C(=O)CC(=O)N(Cc1ccc(Cl)c(Cl)c1)c1cccc(C(=O)O)c1)C(C)C. The molecule has 0 heterocycles. The molecule has 1 N–H and O–H groups in total. The van der Waals surface area contributed by atoms with Crippen molar-refractivity contribution in [2.24, 2.45) is 11.8 Å². The number of ether oxygens (including phenoxy) is 1. The van der Waals surface area contributed by atoms with Crippen LogP contribution in [0.2, 0.25) is 10.0 Å². The Morgan fingerprint density at radius 1 is 0.941 bits per heavy atom. The number of carboxylic acids is 1. The van der Waals surface area contributed by atoms with Crippen LogP contribution in [0.3, 0.4) is 0 Å². The molecule has 0 bridgehead atoms. The molecule has 7 nitrogen and oxygen atoms in total. The molecule has 0 spiro atoms. The van der Waals surface area contributed by atoms with Gasteiger partial charge in [0.15, 0.2) is 0 Å². The van der Waals surface area contributed by atoms with E-state index in [1.165, 1.54) is 29.2 Å². The predicted octanol–water partition coefficient (Wildman–Crippen LogP) is 5.41. The Balaban J connectivity index is 2.30. The zero-order valence-electron chi connectivity index (χ0n) is 19.4. The highest BCUT2D eigenvalue weighted by Gasteiger charge is 2.29. The lowest BCUT2D eigenvalue weighted by atomic mass is 9.96. The van der Waals surface area contributed by atoms with Crippen LogP contribution >= 0.6 is 23.2 Å². The Hall–Kier alpha value is -2.90. The molecule has 0 fully saturated rings. The van der Waals surface area contributed by atoms with Crippen LogP contribution in [0.5, 0.6) is 0 Å². The third-order valence-corrected chi connectivity index (χ3v) is 5.87. The van der Waals surface area contributed by atoms with Crippen molar-refractivity contribution in [2.75, 3.05) is 4.90 Å². The Bertz CT molecular complexity index is 1070. The molecule has 2 aromatic carbocycles. The standard InChI is InChI=1S/C25H27Cl2NO6/c1-14(2)23(15(3)4)34-25(33)21(29)12-22(30)28(13-16-8-9-19(26)20(27)10-16)18-7-5-6-17(11-18)24(31)32/h5-11,14-15,23H,12-13H2,1-4H3,(H,31,32). The molecule has 0 aliphatic rings. The van der Waals surface area contributed by atoms with Crippen LogP contribution in [0.25, 0.3) is 0 Å². The molecule has 2 rings (SSSR count). The molecule has 0 radical (unpaired) electrons. The maximum Gasteiger partial charge on any atom is 0.375 e. The maximum atomic E-state index is 13.1. The van der Waals surface area contributed by atoms with Crippen LogP contribution in [-0.4, -0.2) is 34.8 Å². The second-order valence-corrected chi connectivity index (χ2v) is 9.36. The van der Waals surface area contributed by atoms with Gasteiger partial charge in [-0.1, -0.05) is 63.0 Å². The van der Waals surface area contributed by atoms with Gasteiger partial charge in [0.1, 0.15) is 6.10 Å². The van der Waals surface area contributed by atoms with Crippen LogP contribution in [0.4, 0.5) is 5.69 Å². The van der Waals surface area contributed by atoms with E-state index in [4.69, 9.17) is 27.9 Å². The summed E-state index contributed by atoms with van der Waals surface area (Å²) in [5.41, 5.74) is 0.810. The molecule has 0 aliphatic carbocycles. The van der Waals surface area contributed by atoms with E-state index in [2.05, 4.69) is 0 Å². The molecule has 0 aliphatic heterocycles. The summed E-state index contributed by atoms with van der Waals surface area (Å²) < 4.78 is 5.35. The molecule has 0 aromatic heterocycles. The topological polar surface area (TPSA) is 101 Å². The molecule has 182 valence electrons. The highest BCUT2D eigenvalue weighted by molar-refractivity contribution is 6.42. The molecule has 34 heavy (non-hydrogen) atoms. The molecule has 0 atom stereocenters. The number of carbonyl (C=O) groups excluding carboxylic acids is 3. The fourth-order valence-corrected chi connectivity index (χ4v) is 3.81. The first-order valence-electron chi connectivity index (χ1n) is 10.7. The number of nitrogens with zero attached hydrogens (tertiary/aromatic N) is 1. The first-order valence-corrected chi connectivity index (χ1v) is 11.5. The first-order chi connectivity index (χ1) is 15.9. The molecule has 1 amide bonds. The minimum absolute atomic E-state index is 0.00244. The molecular formula is C25H27Cl2NO6. The van der Waals surface area contributed by atoms with Gasteiger partial charge in [-0.05, 0) is 47.7 Å². The molecule has 9 heteroatoms. The number of rotatable bonds is 10. The second-order valence-electron chi connectivity index (χ2n) is 8.54. The summed E-state index contributed by atoms with van der Waals surface area (Å²) in [5.74, 6) is -3.92. The number of hydrogen-bond acceptors (Lipinski definition) is 5. The van der Waals surface area contributed by atoms with Crippen LogP contribution in [0, 0.1) is 11.8 Å². The number of esters is 1. The number of hydrogen-bond donors (Lipinski definition) is 1. The minimum atomic E-state index is -1.17. The third-order valence-electron chi connectivity index (χ3n) is 5.13. The van der Waals surface area contributed by atoms with Gasteiger partial charge in [-0.3, -0.25) is 9.59 Å². The lowest BCUT2D eigenvalue weighted by molar-refractivity contribution is -0.162. The number of benzene rings is 2. The number of anilines is 1. The Labute approximate surface area is 208 Å². The largest absolute Gasteiger partial charge is 0.478 e. The highest BCUT2D eigenvalue weighted by Crippen LogP contribution is 2.26. The van der Waals surface area contributed by atoms with E-state index in [1.54, 1.807) is 18.2 Å². The normalized spacial score (nSPS) is 11.1. The van der Waals surface area contributed by atoms with Gasteiger partial charge >= 0.3 is 11.9 Å².